The molecule has 0 fully saturated rings. The molecule has 2 atom stereocenters. The first-order valence-electron chi connectivity index (χ1n) is 9.75. The van der Waals surface area contributed by atoms with Gasteiger partial charge in [-0.2, -0.15) is 0 Å². The highest BCUT2D eigenvalue weighted by atomic mass is 16.5. The number of ether oxygens (including phenoxy) is 1. The van der Waals surface area contributed by atoms with Crippen LogP contribution in [0.5, 0.6) is 0 Å². The van der Waals surface area contributed by atoms with Gasteiger partial charge in [0.2, 0.25) is 11.8 Å². The van der Waals surface area contributed by atoms with Gasteiger partial charge in [-0.1, -0.05) is 60.7 Å². The summed E-state index contributed by atoms with van der Waals surface area (Å²) >= 11 is 0. The number of hydrogen-bond acceptors (Lipinski definition) is 4. The zero-order chi connectivity index (χ0) is 21.1. The molecular weight excluding hydrogens is 368 g/mol. The zero-order valence-corrected chi connectivity index (χ0v) is 16.9. The van der Waals surface area contributed by atoms with Gasteiger partial charge in [-0.3, -0.25) is 9.59 Å². The van der Waals surface area contributed by atoms with Crippen LogP contribution in [0.1, 0.15) is 43.4 Å². The molecule has 0 saturated carbocycles. The lowest BCUT2D eigenvalue weighted by Crippen LogP contribution is -2.42. The largest absolute Gasteiger partial charge is 0.467 e. The Morgan fingerprint density at radius 3 is 2.00 bits per heavy atom. The average Bonchev–Trinajstić information content (AvgIpc) is 2.76. The molecule has 0 spiro atoms. The van der Waals surface area contributed by atoms with Gasteiger partial charge in [0.1, 0.15) is 6.04 Å². The second-order valence-corrected chi connectivity index (χ2v) is 6.87. The van der Waals surface area contributed by atoms with Crippen molar-refractivity contribution >= 4 is 17.8 Å². The van der Waals surface area contributed by atoms with E-state index in [1.54, 1.807) is 0 Å². The topological polar surface area (TPSA) is 84.5 Å². The lowest BCUT2D eigenvalue weighted by Gasteiger charge is -2.17. The van der Waals surface area contributed by atoms with Gasteiger partial charge in [-0.25, -0.2) is 4.79 Å². The van der Waals surface area contributed by atoms with Crippen LogP contribution in [-0.2, 0) is 25.5 Å². The highest BCUT2D eigenvalue weighted by Crippen LogP contribution is 2.11. The molecule has 6 nitrogen and oxygen atoms in total. The van der Waals surface area contributed by atoms with E-state index in [-0.39, 0.29) is 30.7 Å². The highest BCUT2D eigenvalue weighted by molar-refractivity contribution is 5.87. The first-order valence-corrected chi connectivity index (χ1v) is 9.75. The monoisotopic (exact) mass is 396 g/mol. The number of methoxy groups -OCH3 is 1. The van der Waals surface area contributed by atoms with Crippen molar-refractivity contribution < 1.29 is 19.1 Å². The molecule has 6 heteroatoms. The van der Waals surface area contributed by atoms with Gasteiger partial charge in [-0.05, 0) is 30.9 Å². The fourth-order valence-electron chi connectivity index (χ4n) is 2.98. The molecule has 0 aliphatic rings. The van der Waals surface area contributed by atoms with Crippen LogP contribution < -0.4 is 10.6 Å². The van der Waals surface area contributed by atoms with Gasteiger partial charge in [0, 0.05) is 12.8 Å². The SMILES string of the molecule is COC(=O)[C@H](CCc1ccccc1)NC(=O)CCC(=O)N[C@H](C)c1ccccc1. The minimum atomic E-state index is -0.737. The van der Waals surface area contributed by atoms with E-state index < -0.39 is 12.0 Å². The van der Waals surface area contributed by atoms with Crippen molar-refractivity contribution in [1.82, 2.24) is 10.6 Å². The molecule has 2 amide bonds. The van der Waals surface area contributed by atoms with Crippen molar-refractivity contribution in [1.29, 1.82) is 0 Å². The summed E-state index contributed by atoms with van der Waals surface area (Å²) in [6.45, 7) is 1.89. The number of rotatable bonds is 10. The molecule has 0 aliphatic carbocycles. The Labute approximate surface area is 171 Å². The first-order chi connectivity index (χ1) is 14.0. The van der Waals surface area contributed by atoms with Crippen LogP contribution in [0.2, 0.25) is 0 Å². The molecule has 2 N–H and O–H groups in total. The molecule has 0 aromatic heterocycles. The number of amides is 2. The van der Waals surface area contributed by atoms with Gasteiger partial charge in [0.15, 0.2) is 0 Å². The van der Waals surface area contributed by atoms with Gasteiger partial charge < -0.3 is 15.4 Å². The van der Waals surface area contributed by atoms with E-state index in [1.807, 2.05) is 67.6 Å². The molecule has 2 aromatic rings. The van der Waals surface area contributed by atoms with E-state index in [2.05, 4.69) is 10.6 Å². The van der Waals surface area contributed by atoms with Crippen molar-refractivity contribution in [2.45, 2.75) is 44.7 Å². The van der Waals surface area contributed by atoms with E-state index >= 15 is 0 Å². The Balaban J connectivity index is 1.79. The number of carbonyl (C=O) groups excluding carboxylic acids is 3. The third-order valence-electron chi connectivity index (χ3n) is 4.64. The Morgan fingerprint density at radius 1 is 0.862 bits per heavy atom. The summed E-state index contributed by atoms with van der Waals surface area (Å²) in [4.78, 5) is 36.4. The van der Waals surface area contributed by atoms with E-state index in [0.29, 0.717) is 12.8 Å². The average molecular weight is 396 g/mol. The van der Waals surface area contributed by atoms with E-state index in [1.165, 1.54) is 7.11 Å². The molecule has 0 heterocycles. The highest BCUT2D eigenvalue weighted by Gasteiger charge is 2.21. The number of hydrogen-bond donors (Lipinski definition) is 2. The predicted octanol–water partition coefficient (Wildman–Crippen LogP) is 2.93. The summed E-state index contributed by atoms with van der Waals surface area (Å²) < 4.78 is 4.80. The maximum atomic E-state index is 12.2. The quantitative estimate of drug-likeness (QED) is 0.605. The molecular formula is C23H28N2O4. The molecule has 154 valence electrons. The molecule has 29 heavy (non-hydrogen) atoms. The molecule has 0 aliphatic heterocycles. The molecule has 2 rings (SSSR count). The summed E-state index contributed by atoms with van der Waals surface area (Å²) in [5.41, 5.74) is 2.07. The second-order valence-electron chi connectivity index (χ2n) is 6.87. The van der Waals surface area contributed by atoms with Crippen LogP contribution in [0.25, 0.3) is 0 Å². The fourth-order valence-corrected chi connectivity index (χ4v) is 2.98. The standard InChI is InChI=1S/C23H28N2O4/c1-17(19-11-7-4-8-12-19)24-21(26)15-16-22(27)25-20(23(28)29-2)14-13-18-9-5-3-6-10-18/h3-12,17,20H,13-16H2,1-2H3,(H,24,26)(H,25,27)/t17-,20+/m1/s1. The van der Waals surface area contributed by atoms with Gasteiger partial charge in [0.05, 0.1) is 13.2 Å². The number of carbonyl (C=O) groups is 3. The Morgan fingerprint density at radius 2 is 1.41 bits per heavy atom. The van der Waals surface area contributed by atoms with E-state index in [0.717, 1.165) is 11.1 Å². The second kappa shape index (κ2) is 11.6. The van der Waals surface area contributed by atoms with Crippen molar-refractivity contribution in [3.05, 3.63) is 71.8 Å². The van der Waals surface area contributed by atoms with Crippen LogP contribution in [0.15, 0.2) is 60.7 Å². The van der Waals surface area contributed by atoms with Crippen LogP contribution in [0.4, 0.5) is 0 Å². The van der Waals surface area contributed by atoms with Crippen molar-refractivity contribution in [2.24, 2.45) is 0 Å². The van der Waals surface area contributed by atoms with Crippen LogP contribution >= 0.6 is 0 Å². The number of aryl methyl sites for hydroxylation is 1. The number of esters is 1. The molecule has 0 radical (unpaired) electrons. The summed E-state index contributed by atoms with van der Waals surface area (Å²) in [7, 11) is 1.29. The summed E-state index contributed by atoms with van der Waals surface area (Å²) in [6, 6.07) is 18.4. The molecule has 2 aromatic carbocycles. The molecule has 0 unspecified atom stereocenters. The van der Waals surface area contributed by atoms with E-state index in [9.17, 15) is 14.4 Å². The van der Waals surface area contributed by atoms with E-state index in [4.69, 9.17) is 4.74 Å². The summed E-state index contributed by atoms with van der Waals surface area (Å²) in [6.07, 6.45) is 1.12. The van der Waals surface area contributed by atoms with Gasteiger partial charge >= 0.3 is 5.97 Å². The zero-order valence-electron chi connectivity index (χ0n) is 16.9. The molecule has 0 bridgehead atoms. The maximum Gasteiger partial charge on any atom is 0.328 e. The van der Waals surface area contributed by atoms with Gasteiger partial charge in [-0.15, -0.1) is 0 Å². The van der Waals surface area contributed by atoms with Crippen molar-refractivity contribution in [2.75, 3.05) is 7.11 Å². The van der Waals surface area contributed by atoms with Crippen molar-refractivity contribution in [3.63, 3.8) is 0 Å². The summed E-state index contributed by atoms with van der Waals surface area (Å²) in [5, 5.41) is 5.56. The first kappa shape index (κ1) is 22.1. The Kier molecular flexibility index (Phi) is 8.89. The minimum Gasteiger partial charge on any atom is -0.467 e. The van der Waals surface area contributed by atoms with Crippen LogP contribution in [0.3, 0.4) is 0 Å². The maximum absolute atomic E-state index is 12.2. The minimum absolute atomic E-state index is 0.00613. The van der Waals surface area contributed by atoms with Gasteiger partial charge in [0.25, 0.3) is 0 Å². The lowest BCUT2D eigenvalue weighted by molar-refractivity contribution is -0.145. The third-order valence-corrected chi connectivity index (χ3v) is 4.64. The normalized spacial score (nSPS) is 12.5. The van der Waals surface area contributed by atoms with Crippen LogP contribution in [-0.4, -0.2) is 30.9 Å². The third kappa shape index (κ3) is 7.78. The number of benzene rings is 2. The van der Waals surface area contributed by atoms with Crippen LogP contribution in [0, 0.1) is 0 Å². The summed E-state index contributed by atoms with van der Waals surface area (Å²) in [5.74, 6) is -1.05. The van der Waals surface area contributed by atoms with Crippen molar-refractivity contribution in [3.8, 4) is 0 Å². The fraction of sp³-hybridized carbons (Fsp3) is 0.348. The lowest BCUT2D eigenvalue weighted by atomic mass is 10.0. The Bertz CT molecular complexity index is 793. The molecule has 0 saturated heterocycles. The number of nitrogens with one attached hydrogen (secondary N) is 2. The Hall–Kier alpha value is -3.15. The smallest absolute Gasteiger partial charge is 0.328 e. The predicted molar refractivity (Wildman–Crippen MR) is 111 cm³/mol.